The summed E-state index contributed by atoms with van der Waals surface area (Å²) in [6.07, 6.45) is 2.75. The minimum Gasteiger partial charge on any atom is -0.370 e. The van der Waals surface area contributed by atoms with Crippen molar-refractivity contribution < 1.29 is 4.79 Å². The minimum atomic E-state index is 0.0874. The Morgan fingerprint density at radius 2 is 1.90 bits per heavy atom. The Balaban J connectivity index is 1.56. The Labute approximate surface area is 174 Å². The third-order valence-electron chi connectivity index (χ3n) is 5.58. The minimum absolute atomic E-state index is 0.0874. The number of carbonyl (C=O) groups excluding carboxylic acids is 1. The van der Waals surface area contributed by atoms with E-state index in [-0.39, 0.29) is 5.91 Å². The molecule has 2 heterocycles. The summed E-state index contributed by atoms with van der Waals surface area (Å²) in [5, 5.41) is 3.32. The topological polar surface area (TPSA) is 51.7 Å². The Morgan fingerprint density at radius 1 is 1.14 bits per heavy atom. The Morgan fingerprint density at radius 3 is 2.62 bits per heavy atom. The standard InChI is InChI=1S/C23H33N5O/c1-18-7-5-8-21(19(18)2)27-13-15-28(16-14-27)23(29)20-9-11-25-22(17-20)24-10-6-12-26(3)4/h5,7-9,11,17H,6,10,12-16H2,1-4H3,(H,24,25). The quantitative estimate of drug-likeness (QED) is 0.731. The molecule has 0 radical (unpaired) electrons. The molecule has 3 rings (SSSR count). The van der Waals surface area contributed by atoms with E-state index in [1.165, 1.54) is 16.8 Å². The highest BCUT2D eigenvalue weighted by molar-refractivity contribution is 5.95. The van der Waals surface area contributed by atoms with Gasteiger partial charge in [-0.3, -0.25) is 4.79 Å². The largest absolute Gasteiger partial charge is 0.370 e. The first kappa shape index (κ1) is 21.1. The van der Waals surface area contributed by atoms with Crippen LogP contribution in [-0.4, -0.2) is 74.1 Å². The molecule has 1 aromatic heterocycles. The molecular weight excluding hydrogens is 362 g/mol. The zero-order chi connectivity index (χ0) is 20.8. The van der Waals surface area contributed by atoms with E-state index in [0.717, 1.165) is 51.5 Å². The van der Waals surface area contributed by atoms with Crippen LogP contribution in [0.3, 0.4) is 0 Å². The molecule has 0 saturated carbocycles. The SMILES string of the molecule is Cc1cccc(N2CCN(C(=O)c3ccnc(NCCCN(C)C)c3)CC2)c1C. The molecule has 29 heavy (non-hydrogen) atoms. The highest BCUT2D eigenvalue weighted by Gasteiger charge is 2.23. The summed E-state index contributed by atoms with van der Waals surface area (Å²) in [7, 11) is 4.13. The normalized spacial score (nSPS) is 14.4. The van der Waals surface area contributed by atoms with Crippen molar-refractivity contribution in [2.45, 2.75) is 20.3 Å². The van der Waals surface area contributed by atoms with Crippen molar-refractivity contribution >= 4 is 17.4 Å². The highest BCUT2D eigenvalue weighted by Crippen LogP contribution is 2.24. The number of nitrogens with one attached hydrogen (secondary N) is 1. The molecule has 1 aliphatic heterocycles. The van der Waals surface area contributed by atoms with Gasteiger partial charge in [-0.2, -0.15) is 0 Å². The van der Waals surface area contributed by atoms with E-state index < -0.39 is 0 Å². The zero-order valence-electron chi connectivity index (χ0n) is 18.1. The number of rotatable bonds is 7. The fraction of sp³-hybridized carbons (Fsp3) is 0.478. The van der Waals surface area contributed by atoms with Crippen LogP contribution in [0.15, 0.2) is 36.5 Å². The fourth-order valence-electron chi connectivity index (χ4n) is 3.68. The van der Waals surface area contributed by atoms with Gasteiger partial charge in [-0.25, -0.2) is 4.98 Å². The summed E-state index contributed by atoms with van der Waals surface area (Å²) >= 11 is 0. The van der Waals surface area contributed by atoms with E-state index in [4.69, 9.17) is 0 Å². The number of hydrogen-bond acceptors (Lipinski definition) is 5. The van der Waals surface area contributed by atoms with E-state index in [0.29, 0.717) is 5.56 Å². The Kier molecular flexibility index (Phi) is 7.09. The molecule has 6 nitrogen and oxygen atoms in total. The Bertz CT molecular complexity index is 828. The number of carbonyl (C=O) groups is 1. The maximum atomic E-state index is 13.0. The van der Waals surface area contributed by atoms with Crippen molar-refractivity contribution in [3.8, 4) is 0 Å². The molecule has 6 heteroatoms. The van der Waals surface area contributed by atoms with Gasteiger partial charge in [-0.05, 0) is 70.2 Å². The lowest BCUT2D eigenvalue weighted by Crippen LogP contribution is -2.49. The molecule has 1 aliphatic rings. The lowest BCUT2D eigenvalue weighted by Gasteiger charge is -2.37. The molecule has 0 atom stereocenters. The van der Waals surface area contributed by atoms with Crippen LogP contribution in [0.2, 0.25) is 0 Å². The molecule has 1 fully saturated rings. The molecule has 1 aromatic carbocycles. The van der Waals surface area contributed by atoms with Gasteiger partial charge in [-0.15, -0.1) is 0 Å². The van der Waals surface area contributed by atoms with Crippen LogP contribution >= 0.6 is 0 Å². The lowest BCUT2D eigenvalue weighted by atomic mass is 10.1. The number of amides is 1. The predicted octanol–water partition coefficient (Wildman–Crippen LogP) is 3.02. The number of aromatic nitrogens is 1. The number of pyridine rings is 1. The molecule has 0 aliphatic carbocycles. The maximum absolute atomic E-state index is 13.0. The van der Waals surface area contributed by atoms with Crippen molar-refractivity contribution in [2.24, 2.45) is 0 Å². The van der Waals surface area contributed by atoms with Gasteiger partial charge in [0.15, 0.2) is 0 Å². The first-order valence-electron chi connectivity index (χ1n) is 10.4. The van der Waals surface area contributed by atoms with E-state index in [9.17, 15) is 4.79 Å². The van der Waals surface area contributed by atoms with Gasteiger partial charge in [0.2, 0.25) is 0 Å². The van der Waals surface area contributed by atoms with E-state index in [1.54, 1.807) is 6.20 Å². The molecule has 0 spiro atoms. The summed E-state index contributed by atoms with van der Waals surface area (Å²) < 4.78 is 0. The van der Waals surface area contributed by atoms with E-state index in [2.05, 4.69) is 66.2 Å². The first-order valence-corrected chi connectivity index (χ1v) is 10.4. The first-order chi connectivity index (χ1) is 14.0. The Hall–Kier alpha value is -2.60. The molecule has 1 amide bonds. The van der Waals surface area contributed by atoms with Crippen LogP contribution in [0.4, 0.5) is 11.5 Å². The average molecular weight is 396 g/mol. The van der Waals surface area contributed by atoms with E-state index >= 15 is 0 Å². The van der Waals surface area contributed by atoms with Gasteiger partial charge in [0.25, 0.3) is 5.91 Å². The van der Waals surface area contributed by atoms with Gasteiger partial charge in [0.1, 0.15) is 5.82 Å². The predicted molar refractivity (Wildman–Crippen MR) is 120 cm³/mol. The van der Waals surface area contributed by atoms with Crippen LogP contribution in [0.5, 0.6) is 0 Å². The summed E-state index contributed by atoms with van der Waals surface area (Å²) in [6, 6.07) is 10.1. The molecule has 0 bridgehead atoms. The van der Waals surface area contributed by atoms with Crippen molar-refractivity contribution in [3.63, 3.8) is 0 Å². The number of piperazine rings is 1. The van der Waals surface area contributed by atoms with Gasteiger partial charge < -0.3 is 20.0 Å². The molecule has 1 N–H and O–H groups in total. The monoisotopic (exact) mass is 395 g/mol. The maximum Gasteiger partial charge on any atom is 0.254 e. The van der Waals surface area contributed by atoms with Crippen LogP contribution in [-0.2, 0) is 0 Å². The zero-order valence-corrected chi connectivity index (χ0v) is 18.1. The van der Waals surface area contributed by atoms with Crippen LogP contribution in [0, 0.1) is 13.8 Å². The molecule has 156 valence electrons. The lowest BCUT2D eigenvalue weighted by molar-refractivity contribution is 0.0746. The van der Waals surface area contributed by atoms with Gasteiger partial charge >= 0.3 is 0 Å². The summed E-state index contributed by atoms with van der Waals surface area (Å²) in [4.78, 5) is 23.8. The van der Waals surface area contributed by atoms with Crippen molar-refractivity contribution in [3.05, 3.63) is 53.2 Å². The van der Waals surface area contributed by atoms with Crippen molar-refractivity contribution in [1.82, 2.24) is 14.8 Å². The third-order valence-corrected chi connectivity index (χ3v) is 5.58. The molecule has 1 saturated heterocycles. The number of benzene rings is 1. The number of aryl methyl sites for hydroxylation is 1. The van der Waals surface area contributed by atoms with Crippen LogP contribution in [0.1, 0.15) is 27.9 Å². The van der Waals surface area contributed by atoms with Gasteiger partial charge in [0, 0.05) is 50.2 Å². The number of nitrogens with zero attached hydrogens (tertiary/aromatic N) is 4. The van der Waals surface area contributed by atoms with E-state index in [1.807, 2.05) is 17.0 Å². The number of anilines is 2. The molecular formula is C23H33N5O. The average Bonchev–Trinajstić information content (AvgIpc) is 2.73. The molecule has 2 aromatic rings. The summed E-state index contributed by atoms with van der Waals surface area (Å²) in [6.45, 7) is 9.38. The van der Waals surface area contributed by atoms with Gasteiger partial charge in [0.05, 0.1) is 0 Å². The summed E-state index contributed by atoms with van der Waals surface area (Å²) in [5.41, 5.74) is 4.62. The van der Waals surface area contributed by atoms with Crippen LogP contribution < -0.4 is 10.2 Å². The summed E-state index contributed by atoms with van der Waals surface area (Å²) in [5.74, 6) is 0.855. The molecule has 0 unspecified atom stereocenters. The third kappa shape index (κ3) is 5.48. The highest BCUT2D eigenvalue weighted by atomic mass is 16.2. The van der Waals surface area contributed by atoms with Crippen molar-refractivity contribution in [1.29, 1.82) is 0 Å². The number of hydrogen-bond donors (Lipinski definition) is 1. The fourth-order valence-corrected chi connectivity index (χ4v) is 3.68. The van der Waals surface area contributed by atoms with Crippen LogP contribution in [0.25, 0.3) is 0 Å². The van der Waals surface area contributed by atoms with Crippen molar-refractivity contribution in [2.75, 3.05) is 63.6 Å². The second-order valence-corrected chi connectivity index (χ2v) is 8.01. The smallest absolute Gasteiger partial charge is 0.254 e. The van der Waals surface area contributed by atoms with Gasteiger partial charge in [-0.1, -0.05) is 12.1 Å². The second-order valence-electron chi connectivity index (χ2n) is 8.01. The second kappa shape index (κ2) is 9.74.